The molecule has 170 valence electrons. The van der Waals surface area contributed by atoms with Crippen molar-refractivity contribution in [1.29, 1.82) is 0 Å². The van der Waals surface area contributed by atoms with Gasteiger partial charge in [0.2, 0.25) is 5.91 Å². The zero-order chi connectivity index (χ0) is 23.7. The van der Waals surface area contributed by atoms with Crippen molar-refractivity contribution in [2.75, 3.05) is 11.5 Å². The molecule has 0 bridgehead atoms. The van der Waals surface area contributed by atoms with Gasteiger partial charge < -0.3 is 14.6 Å². The van der Waals surface area contributed by atoms with Crippen LogP contribution in [-0.2, 0) is 11.2 Å². The first-order valence-corrected chi connectivity index (χ1v) is 11.5. The SMILES string of the molecule is CCOc1ccccc1C(C)Oc1ccc(Cl)c(N2C(=O)Cc3csc(C(=O)O)c3C2=O)c1. The van der Waals surface area contributed by atoms with Crippen LogP contribution in [0.2, 0.25) is 5.02 Å². The van der Waals surface area contributed by atoms with E-state index in [9.17, 15) is 19.5 Å². The summed E-state index contributed by atoms with van der Waals surface area (Å²) in [4.78, 5) is 38.4. The van der Waals surface area contributed by atoms with E-state index in [1.807, 2.05) is 38.1 Å². The topological polar surface area (TPSA) is 93.1 Å². The van der Waals surface area contributed by atoms with Crippen molar-refractivity contribution >= 4 is 46.4 Å². The van der Waals surface area contributed by atoms with Crippen molar-refractivity contribution in [1.82, 2.24) is 0 Å². The zero-order valence-corrected chi connectivity index (χ0v) is 19.4. The fourth-order valence-electron chi connectivity index (χ4n) is 3.73. The molecule has 0 spiro atoms. The molecule has 1 N–H and O–H groups in total. The summed E-state index contributed by atoms with van der Waals surface area (Å²) in [5.41, 5.74) is 1.42. The molecule has 0 saturated carbocycles. The maximum absolute atomic E-state index is 13.2. The van der Waals surface area contributed by atoms with E-state index in [0.29, 0.717) is 23.7 Å². The molecule has 2 aromatic carbocycles. The quantitative estimate of drug-likeness (QED) is 0.452. The Hall–Kier alpha value is -3.36. The van der Waals surface area contributed by atoms with Gasteiger partial charge in [-0.05, 0) is 43.0 Å². The van der Waals surface area contributed by atoms with Gasteiger partial charge in [-0.2, -0.15) is 0 Å². The third kappa shape index (κ3) is 4.31. The number of carbonyl (C=O) groups excluding carboxylic acids is 2. The molecule has 9 heteroatoms. The fourth-order valence-corrected chi connectivity index (χ4v) is 4.83. The van der Waals surface area contributed by atoms with Crippen molar-refractivity contribution in [2.24, 2.45) is 0 Å². The van der Waals surface area contributed by atoms with Crippen molar-refractivity contribution in [3.8, 4) is 11.5 Å². The highest BCUT2D eigenvalue weighted by molar-refractivity contribution is 7.12. The molecule has 4 rings (SSSR count). The number of imide groups is 1. The first-order chi connectivity index (χ1) is 15.8. The third-order valence-corrected chi connectivity index (χ3v) is 6.53. The minimum atomic E-state index is -1.21. The van der Waals surface area contributed by atoms with E-state index in [4.69, 9.17) is 21.1 Å². The van der Waals surface area contributed by atoms with Gasteiger partial charge in [0.05, 0.1) is 29.3 Å². The van der Waals surface area contributed by atoms with Gasteiger partial charge in [0.25, 0.3) is 5.91 Å². The Morgan fingerprint density at radius 2 is 2.00 bits per heavy atom. The smallest absolute Gasteiger partial charge is 0.346 e. The molecule has 7 nitrogen and oxygen atoms in total. The van der Waals surface area contributed by atoms with E-state index >= 15 is 0 Å². The van der Waals surface area contributed by atoms with Crippen LogP contribution >= 0.6 is 22.9 Å². The third-order valence-electron chi connectivity index (χ3n) is 5.20. The van der Waals surface area contributed by atoms with E-state index in [0.717, 1.165) is 21.8 Å². The predicted molar refractivity (Wildman–Crippen MR) is 125 cm³/mol. The summed E-state index contributed by atoms with van der Waals surface area (Å²) in [6.07, 6.45) is -0.485. The Bertz CT molecular complexity index is 1250. The molecule has 1 aliphatic rings. The highest BCUT2D eigenvalue weighted by Gasteiger charge is 2.37. The lowest BCUT2D eigenvalue weighted by molar-refractivity contribution is -0.117. The summed E-state index contributed by atoms with van der Waals surface area (Å²) in [7, 11) is 0. The summed E-state index contributed by atoms with van der Waals surface area (Å²) >= 11 is 7.27. The maximum Gasteiger partial charge on any atom is 0.346 e. The molecule has 0 aliphatic carbocycles. The largest absolute Gasteiger partial charge is 0.493 e. The minimum Gasteiger partial charge on any atom is -0.493 e. The van der Waals surface area contributed by atoms with Crippen LogP contribution in [0.25, 0.3) is 0 Å². The van der Waals surface area contributed by atoms with Crippen molar-refractivity contribution in [3.05, 3.63) is 74.4 Å². The molecule has 0 radical (unpaired) electrons. The highest BCUT2D eigenvalue weighted by Crippen LogP contribution is 2.38. The molecule has 0 fully saturated rings. The monoisotopic (exact) mass is 485 g/mol. The van der Waals surface area contributed by atoms with Crippen LogP contribution in [0.5, 0.6) is 11.5 Å². The lowest BCUT2D eigenvalue weighted by Crippen LogP contribution is -2.42. The van der Waals surface area contributed by atoms with Crippen molar-refractivity contribution < 1.29 is 29.0 Å². The fraction of sp³-hybridized carbons (Fsp3) is 0.208. The molecule has 1 unspecified atom stereocenters. The number of thiophene rings is 1. The first kappa shape index (κ1) is 22.8. The maximum atomic E-state index is 13.2. The van der Waals surface area contributed by atoms with Gasteiger partial charge >= 0.3 is 5.97 Å². The van der Waals surface area contributed by atoms with E-state index in [1.165, 1.54) is 17.5 Å². The number of carboxylic acids is 1. The van der Waals surface area contributed by atoms with Gasteiger partial charge in [0, 0.05) is 11.6 Å². The van der Waals surface area contributed by atoms with E-state index in [2.05, 4.69) is 0 Å². The Morgan fingerprint density at radius 3 is 2.73 bits per heavy atom. The Labute approximate surface area is 199 Å². The number of carboxylic acid groups (broad SMARTS) is 1. The molecular weight excluding hydrogens is 466 g/mol. The van der Waals surface area contributed by atoms with E-state index < -0.39 is 23.9 Å². The summed E-state index contributed by atoms with van der Waals surface area (Å²) in [6, 6.07) is 12.2. The summed E-state index contributed by atoms with van der Waals surface area (Å²) in [6.45, 7) is 4.27. The number of anilines is 1. The number of amides is 2. The van der Waals surface area contributed by atoms with Crippen LogP contribution in [0.1, 0.15) is 51.1 Å². The lowest BCUT2D eigenvalue weighted by Gasteiger charge is -2.27. The van der Waals surface area contributed by atoms with Crippen LogP contribution in [0.3, 0.4) is 0 Å². The number of fused-ring (bicyclic) bond motifs is 1. The second-order valence-corrected chi connectivity index (χ2v) is 8.61. The second-order valence-electron chi connectivity index (χ2n) is 7.33. The van der Waals surface area contributed by atoms with Gasteiger partial charge in [0.15, 0.2) is 0 Å². The highest BCUT2D eigenvalue weighted by atomic mass is 35.5. The number of hydrogen-bond donors (Lipinski definition) is 1. The predicted octanol–water partition coefficient (Wildman–Crippen LogP) is 5.37. The van der Waals surface area contributed by atoms with Gasteiger partial charge in [0.1, 0.15) is 22.5 Å². The number of halogens is 1. The molecule has 2 heterocycles. The molecule has 1 aliphatic heterocycles. The summed E-state index contributed by atoms with van der Waals surface area (Å²) < 4.78 is 11.8. The number of carbonyl (C=O) groups is 3. The molecule has 3 aromatic rings. The number of ether oxygens (including phenoxy) is 2. The minimum absolute atomic E-state index is 0.0218. The number of nitrogens with zero attached hydrogens (tertiary/aromatic N) is 1. The van der Waals surface area contributed by atoms with Crippen molar-refractivity contribution in [3.63, 3.8) is 0 Å². The number of rotatable bonds is 7. The average Bonchev–Trinajstić information content (AvgIpc) is 3.21. The van der Waals surface area contributed by atoms with Gasteiger partial charge in [-0.15, -0.1) is 11.3 Å². The van der Waals surface area contributed by atoms with Crippen LogP contribution in [0, 0.1) is 0 Å². The molecule has 0 saturated heterocycles. The zero-order valence-electron chi connectivity index (χ0n) is 17.8. The normalized spacial score (nSPS) is 14.1. The number of para-hydroxylation sites is 1. The van der Waals surface area contributed by atoms with Gasteiger partial charge in [-0.3, -0.25) is 9.59 Å². The average molecular weight is 486 g/mol. The second kappa shape index (κ2) is 9.25. The van der Waals surface area contributed by atoms with Gasteiger partial charge in [-0.25, -0.2) is 9.69 Å². The first-order valence-electron chi connectivity index (χ1n) is 10.2. The summed E-state index contributed by atoms with van der Waals surface area (Å²) in [5.74, 6) is -1.32. The molecular formula is C24H20ClNO6S. The number of hydrogen-bond acceptors (Lipinski definition) is 6. The van der Waals surface area contributed by atoms with Crippen LogP contribution in [-0.4, -0.2) is 29.5 Å². The van der Waals surface area contributed by atoms with Crippen LogP contribution in [0.4, 0.5) is 5.69 Å². The molecule has 33 heavy (non-hydrogen) atoms. The van der Waals surface area contributed by atoms with E-state index in [1.54, 1.807) is 6.07 Å². The van der Waals surface area contributed by atoms with Crippen LogP contribution in [0.15, 0.2) is 47.8 Å². The van der Waals surface area contributed by atoms with Gasteiger partial charge in [-0.1, -0.05) is 29.8 Å². The molecule has 1 aromatic heterocycles. The van der Waals surface area contributed by atoms with E-state index in [-0.39, 0.29) is 27.6 Å². The van der Waals surface area contributed by atoms with Crippen molar-refractivity contribution in [2.45, 2.75) is 26.4 Å². The standard InChI is InChI=1S/C24H20ClNO6S/c1-3-31-19-7-5-4-6-16(19)13(2)32-15-8-9-17(25)18(11-15)26-20(27)10-14-12-33-22(24(29)30)21(14)23(26)28/h4-9,11-13H,3,10H2,1-2H3,(H,29,30). The molecule has 2 amide bonds. The Morgan fingerprint density at radius 1 is 1.24 bits per heavy atom. The number of aromatic carboxylic acids is 1. The lowest BCUT2D eigenvalue weighted by atomic mass is 10.0. The Kier molecular flexibility index (Phi) is 6.40. The van der Waals surface area contributed by atoms with Crippen LogP contribution < -0.4 is 14.4 Å². The summed E-state index contributed by atoms with van der Waals surface area (Å²) in [5, 5.41) is 11.1. The molecule has 1 atom stereocenters. The Balaban J connectivity index is 1.67. The number of benzene rings is 2.